The molecule has 3 aromatic rings. The number of rotatable bonds is 7. The summed E-state index contributed by atoms with van der Waals surface area (Å²) < 4.78 is 20.2. The number of ether oxygens (including phenoxy) is 1. The number of nitrogens with zero attached hydrogens (tertiary/aromatic N) is 2. The maximum Gasteiger partial charge on any atom is 0.259 e. The number of aromatic nitrogens is 1. The molecule has 0 unspecified atom stereocenters. The minimum atomic E-state index is -0.322. The quantitative estimate of drug-likeness (QED) is 0.473. The minimum absolute atomic E-state index is 0.0356. The Morgan fingerprint density at radius 1 is 1.14 bits per heavy atom. The van der Waals surface area contributed by atoms with Gasteiger partial charge in [-0.05, 0) is 68.4 Å². The van der Waals surface area contributed by atoms with E-state index in [1.165, 1.54) is 12.1 Å². The van der Waals surface area contributed by atoms with Crippen molar-refractivity contribution in [3.8, 4) is 11.4 Å². The highest BCUT2D eigenvalue weighted by molar-refractivity contribution is 5.85. The van der Waals surface area contributed by atoms with Crippen molar-refractivity contribution < 1.29 is 13.9 Å². The van der Waals surface area contributed by atoms with E-state index in [-0.39, 0.29) is 18.3 Å². The molecule has 0 saturated carbocycles. The zero-order valence-electron chi connectivity index (χ0n) is 16.6. The predicted molar refractivity (Wildman–Crippen MR) is 112 cm³/mol. The standard InChI is InChI=1S/C22H23FN4O2/c1-15-12-17(16(2)27(15)20-8-10-21(29-3)11-9-20)13-25-26-22(28)14-24-19-6-4-18(23)5-7-19/h4-13,24H,14H2,1-3H3,(H,26,28)/b25-13-. The number of benzene rings is 2. The largest absolute Gasteiger partial charge is 0.497 e. The van der Waals surface area contributed by atoms with Gasteiger partial charge in [0.05, 0.1) is 19.9 Å². The Bertz CT molecular complexity index is 1010. The summed E-state index contributed by atoms with van der Waals surface area (Å²) in [5.74, 6) is 0.182. The smallest absolute Gasteiger partial charge is 0.259 e. The molecule has 1 aromatic heterocycles. The molecule has 0 fully saturated rings. The van der Waals surface area contributed by atoms with Gasteiger partial charge in [-0.25, -0.2) is 9.82 Å². The van der Waals surface area contributed by atoms with Crippen LogP contribution in [0.25, 0.3) is 5.69 Å². The Balaban J connectivity index is 1.61. The van der Waals surface area contributed by atoms with Gasteiger partial charge in [0.1, 0.15) is 11.6 Å². The fourth-order valence-corrected chi connectivity index (χ4v) is 3.01. The van der Waals surface area contributed by atoms with Gasteiger partial charge >= 0.3 is 0 Å². The zero-order valence-corrected chi connectivity index (χ0v) is 16.6. The van der Waals surface area contributed by atoms with Crippen molar-refractivity contribution in [1.29, 1.82) is 0 Å². The van der Waals surface area contributed by atoms with E-state index in [4.69, 9.17) is 4.74 Å². The van der Waals surface area contributed by atoms with Crippen LogP contribution in [-0.2, 0) is 4.79 Å². The molecule has 7 heteroatoms. The number of nitrogens with one attached hydrogen (secondary N) is 2. The number of hydrazone groups is 1. The number of halogens is 1. The first-order valence-corrected chi connectivity index (χ1v) is 9.12. The van der Waals surface area contributed by atoms with Gasteiger partial charge in [0.25, 0.3) is 5.91 Å². The molecule has 2 aromatic carbocycles. The van der Waals surface area contributed by atoms with Gasteiger partial charge < -0.3 is 14.6 Å². The molecule has 1 amide bonds. The topological polar surface area (TPSA) is 67.6 Å². The van der Waals surface area contributed by atoms with E-state index in [1.807, 2.05) is 44.2 Å². The summed E-state index contributed by atoms with van der Waals surface area (Å²) in [6, 6.07) is 15.6. The number of aryl methyl sites for hydroxylation is 1. The molecule has 0 bridgehead atoms. The molecule has 0 aliphatic heterocycles. The Hall–Kier alpha value is -3.61. The second-order valence-electron chi connectivity index (χ2n) is 6.51. The van der Waals surface area contributed by atoms with E-state index < -0.39 is 0 Å². The van der Waals surface area contributed by atoms with Crippen LogP contribution < -0.4 is 15.5 Å². The third-order valence-electron chi connectivity index (χ3n) is 4.49. The molecule has 6 nitrogen and oxygen atoms in total. The first kappa shape index (κ1) is 20.1. The van der Waals surface area contributed by atoms with Crippen molar-refractivity contribution >= 4 is 17.8 Å². The first-order chi connectivity index (χ1) is 14.0. The van der Waals surface area contributed by atoms with Gasteiger partial charge in [-0.2, -0.15) is 5.10 Å². The van der Waals surface area contributed by atoms with E-state index in [2.05, 4.69) is 20.4 Å². The van der Waals surface area contributed by atoms with Crippen LogP contribution in [0, 0.1) is 19.7 Å². The molecule has 0 atom stereocenters. The zero-order chi connectivity index (χ0) is 20.8. The van der Waals surface area contributed by atoms with Crippen molar-refractivity contribution in [2.75, 3.05) is 19.0 Å². The second kappa shape index (κ2) is 9.05. The Morgan fingerprint density at radius 2 is 1.83 bits per heavy atom. The lowest BCUT2D eigenvalue weighted by Gasteiger charge is -2.10. The summed E-state index contributed by atoms with van der Waals surface area (Å²) >= 11 is 0. The number of hydrogen-bond acceptors (Lipinski definition) is 4. The number of hydrogen-bond donors (Lipinski definition) is 2. The Morgan fingerprint density at radius 3 is 2.48 bits per heavy atom. The van der Waals surface area contributed by atoms with Crippen molar-refractivity contribution in [2.45, 2.75) is 13.8 Å². The van der Waals surface area contributed by atoms with Crippen molar-refractivity contribution in [1.82, 2.24) is 9.99 Å². The predicted octanol–water partition coefficient (Wildman–Crippen LogP) is 3.80. The Labute approximate surface area is 169 Å². The minimum Gasteiger partial charge on any atom is -0.497 e. The van der Waals surface area contributed by atoms with E-state index in [0.717, 1.165) is 28.4 Å². The lowest BCUT2D eigenvalue weighted by atomic mass is 10.2. The highest BCUT2D eigenvalue weighted by Gasteiger charge is 2.09. The number of carbonyl (C=O) groups is 1. The second-order valence-corrected chi connectivity index (χ2v) is 6.51. The van der Waals surface area contributed by atoms with Gasteiger partial charge in [0.15, 0.2) is 0 Å². The van der Waals surface area contributed by atoms with E-state index in [1.54, 1.807) is 25.5 Å². The molecular formula is C22H23FN4O2. The monoisotopic (exact) mass is 394 g/mol. The SMILES string of the molecule is COc1ccc(-n2c(C)cc(/C=N\NC(=O)CNc3ccc(F)cc3)c2C)cc1. The summed E-state index contributed by atoms with van der Waals surface area (Å²) in [5, 5.41) is 6.96. The van der Waals surface area contributed by atoms with Crippen LogP contribution in [0.3, 0.4) is 0 Å². The molecule has 0 radical (unpaired) electrons. The van der Waals surface area contributed by atoms with Crippen molar-refractivity contribution in [3.63, 3.8) is 0 Å². The van der Waals surface area contributed by atoms with Gasteiger partial charge in [0.2, 0.25) is 0 Å². The van der Waals surface area contributed by atoms with Gasteiger partial charge in [-0.1, -0.05) is 0 Å². The van der Waals surface area contributed by atoms with Crippen LogP contribution in [0.5, 0.6) is 5.75 Å². The molecule has 29 heavy (non-hydrogen) atoms. The highest BCUT2D eigenvalue weighted by atomic mass is 19.1. The summed E-state index contributed by atoms with van der Waals surface area (Å²) in [4.78, 5) is 11.9. The van der Waals surface area contributed by atoms with Crippen LogP contribution >= 0.6 is 0 Å². The fraction of sp³-hybridized carbons (Fsp3) is 0.182. The molecule has 0 aliphatic rings. The number of anilines is 1. The molecule has 0 aliphatic carbocycles. The maximum atomic E-state index is 12.9. The highest BCUT2D eigenvalue weighted by Crippen LogP contribution is 2.21. The summed E-state index contributed by atoms with van der Waals surface area (Å²) in [6.45, 7) is 4.05. The maximum absolute atomic E-state index is 12.9. The van der Waals surface area contributed by atoms with Gasteiger partial charge in [-0.3, -0.25) is 4.79 Å². The lowest BCUT2D eigenvalue weighted by molar-refractivity contribution is -0.119. The van der Waals surface area contributed by atoms with Crippen molar-refractivity contribution in [2.24, 2.45) is 5.10 Å². The molecule has 3 rings (SSSR count). The van der Waals surface area contributed by atoms with Gasteiger partial charge in [-0.15, -0.1) is 0 Å². The summed E-state index contributed by atoms with van der Waals surface area (Å²) in [7, 11) is 1.64. The van der Waals surface area contributed by atoms with E-state index >= 15 is 0 Å². The molecular weight excluding hydrogens is 371 g/mol. The van der Waals surface area contributed by atoms with Crippen LogP contribution in [0.1, 0.15) is 17.0 Å². The van der Waals surface area contributed by atoms with Crippen LogP contribution in [0.4, 0.5) is 10.1 Å². The number of methoxy groups -OCH3 is 1. The first-order valence-electron chi connectivity index (χ1n) is 9.12. The van der Waals surface area contributed by atoms with Crippen LogP contribution in [-0.4, -0.2) is 30.3 Å². The third kappa shape index (κ3) is 5.01. The third-order valence-corrected chi connectivity index (χ3v) is 4.49. The molecule has 2 N–H and O–H groups in total. The van der Waals surface area contributed by atoms with Crippen molar-refractivity contribution in [3.05, 3.63) is 77.4 Å². The Kier molecular flexibility index (Phi) is 6.29. The average Bonchev–Trinajstić information content (AvgIpc) is 3.01. The summed E-state index contributed by atoms with van der Waals surface area (Å²) in [5.41, 5.74) is 7.14. The van der Waals surface area contributed by atoms with Gasteiger partial charge in [0, 0.05) is 28.3 Å². The van der Waals surface area contributed by atoms with Crippen LogP contribution in [0.2, 0.25) is 0 Å². The fourth-order valence-electron chi connectivity index (χ4n) is 3.01. The normalized spacial score (nSPS) is 10.9. The lowest BCUT2D eigenvalue weighted by Crippen LogP contribution is -2.25. The number of amides is 1. The van der Waals surface area contributed by atoms with E-state index in [9.17, 15) is 9.18 Å². The van der Waals surface area contributed by atoms with E-state index in [0.29, 0.717) is 5.69 Å². The molecule has 0 spiro atoms. The molecule has 1 heterocycles. The summed E-state index contributed by atoms with van der Waals surface area (Å²) in [6.07, 6.45) is 1.62. The average molecular weight is 394 g/mol. The van der Waals surface area contributed by atoms with Crippen LogP contribution in [0.15, 0.2) is 59.7 Å². The molecule has 0 saturated heterocycles. The molecule has 150 valence electrons. The number of carbonyl (C=O) groups excluding carboxylic acids is 1.